The van der Waals surface area contributed by atoms with Gasteiger partial charge in [0.1, 0.15) is 12.2 Å². The topological polar surface area (TPSA) is 98.6 Å². The van der Waals surface area contributed by atoms with Gasteiger partial charge in [-0.05, 0) is 32.8 Å². The minimum atomic E-state index is -0.255. The highest BCUT2D eigenvalue weighted by atomic mass is 16.6. The van der Waals surface area contributed by atoms with Crippen LogP contribution in [0.25, 0.3) is 11.0 Å². The van der Waals surface area contributed by atoms with Crippen LogP contribution in [-0.2, 0) is 21.3 Å². The van der Waals surface area contributed by atoms with Crippen molar-refractivity contribution in [3.63, 3.8) is 0 Å². The van der Waals surface area contributed by atoms with Crippen LogP contribution < -0.4 is 5.32 Å². The molecule has 5 rings (SSSR count). The van der Waals surface area contributed by atoms with Gasteiger partial charge in [0.25, 0.3) is 5.91 Å². The fourth-order valence-electron chi connectivity index (χ4n) is 4.78. The predicted molar refractivity (Wildman–Crippen MR) is 113 cm³/mol. The van der Waals surface area contributed by atoms with Gasteiger partial charge in [-0.1, -0.05) is 6.42 Å². The number of hydrogen-bond acceptors (Lipinski definition) is 6. The van der Waals surface area contributed by atoms with E-state index in [1.165, 1.54) is 0 Å². The molecule has 3 fully saturated rings. The Morgan fingerprint density at radius 3 is 2.42 bits per heavy atom. The quantitative estimate of drug-likeness (QED) is 0.788. The summed E-state index contributed by atoms with van der Waals surface area (Å²) in [4.78, 5) is 32.1. The maximum Gasteiger partial charge on any atom is 0.252 e. The Bertz CT molecular complexity index is 1010. The van der Waals surface area contributed by atoms with Gasteiger partial charge in [0.05, 0.1) is 35.9 Å². The molecule has 2 saturated heterocycles. The van der Waals surface area contributed by atoms with Gasteiger partial charge < -0.3 is 19.7 Å². The number of ether oxygens (including phenoxy) is 2. The van der Waals surface area contributed by atoms with Crippen molar-refractivity contribution in [1.82, 2.24) is 25.0 Å². The Morgan fingerprint density at radius 2 is 1.81 bits per heavy atom. The van der Waals surface area contributed by atoms with E-state index in [1.54, 1.807) is 10.7 Å². The van der Waals surface area contributed by atoms with Gasteiger partial charge in [0.2, 0.25) is 5.91 Å². The molecule has 3 aliphatic rings. The second-order valence-corrected chi connectivity index (χ2v) is 9.00. The third kappa shape index (κ3) is 3.70. The number of aromatic nitrogens is 3. The third-order valence-electron chi connectivity index (χ3n) is 6.68. The lowest BCUT2D eigenvalue weighted by molar-refractivity contribution is -0.137. The van der Waals surface area contributed by atoms with Crippen molar-refractivity contribution in [3.8, 4) is 0 Å². The lowest BCUT2D eigenvalue weighted by Crippen LogP contribution is -2.42. The lowest BCUT2D eigenvalue weighted by Gasteiger charge is -2.29. The number of carbonyl (C=O) groups is 2. The molecular weight excluding hydrogens is 398 g/mol. The van der Waals surface area contributed by atoms with Gasteiger partial charge in [-0.3, -0.25) is 14.3 Å². The molecule has 2 aliphatic heterocycles. The number of pyridine rings is 1. The van der Waals surface area contributed by atoms with Crippen LogP contribution in [-0.4, -0.2) is 76.0 Å². The van der Waals surface area contributed by atoms with Gasteiger partial charge in [0.15, 0.2) is 5.65 Å². The Balaban J connectivity index is 1.24. The number of amides is 2. The molecule has 2 aromatic heterocycles. The molecule has 166 valence electrons. The number of likely N-dealkylation sites (tertiary alicyclic amines) is 1. The molecule has 0 spiro atoms. The van der Waals surface area contributed by atoms with Crippen molar-refractivity contribution in [1.29, 1.82) is 0 Å². The summed E-state index contributed by atoms with van der Waals surface area (Å²) in [5.74, 6) is 0.240. The molecule has 4 heterocycles. The Labute approximate surface area is 181 Å². The van der Waals surface area contributed by atoms with Crippen molar-refractivity contribution >= 4 is 22.8 Å². The average molecular weight is 428 g/mol. The van der Waals surface area contributed by atoms with Crippen LogP contribution in [0.2, 0.25) is 0 Å². The van der Waals surface area contributed by atoms with Crippen molar-refractivity contribution in [3.05, 3.63) is 23.0 Å². The van der Waals surface area contributed by atoms with Crippen LogP contribution in [0.1, 0.15) is 41.0 Å². The number of carbonyl (C=O) groups excluding carboxylic acids is 2. The van der Waals surface area contributed by atoms with E-state index in [-0.39, 0.29) is 36.0 Å². The minimum Gasteiger partial charge on any atom is -0.371 e. The molecule has 0 unspecified atom stereocenters. The first-order valence-electron chi connectivity index (χ1n) is 11.0. The number of rotatable bonds is 3. The predicted octanol–water partition coefficient (Wildman–Crippen LogP) is 1.11. The molecule has 9 nitrogen and oxygen atoms in total. The largest absolute Gasteiger partial charge is 0.371 e. The van der Waals surface area contributed by atoms with E-state index >= 15 is 0 Å². The maximum absolute atomic E-state index is 13.1. The highest BCUT2D eigenvalue weighted by Crippen LogP contribution is 2.31. The van der Waals surface area contributed by atoms with Gasteiger partial charge in [-0.25, -0.2) is 4.98 Å². The average Bonchev–Trinajstić information content (AvgIpc) is 3.16. The van der Waals surface area contributed by atoms with E-state index in [0.717, 1.165) is 36.0 Å². The van der Waals surface area contributed by atoms with E-state index in [2.05, 4.69) is 15.4 Å². The molecule has 1 saturated carbocycles. The van der Waals surface area contributed by atoms with Gasteiger partial charge in [-0.15, -0.1) is 0 Å². The first-order valence-corrected chi connectivity index (χ1v) is 11.0. The van der Waals surface area contributed by atoms with Crippen LogP contribution in [0.15, 0.2) is 6.07 Å². The van der Waals surface area contributed by atoms with Crippen LogP contribution in [0.5, 0.6) is 0 Å². The van der Waals surface area contributed by atoms with Crippen LogP contribution >= 0.6 is 0 Å². The zero-order valence-electron chi connectivity index (χ0n) is 18.3. The SMILES string of the molecule is Cc1cc(C(=O)NC2CO[C@H]3CN(C(=O)C4CCC4)C[C@@H]3OC2)c2c(C)nn(C)c2n1. The molecule has 1 aliphatic carbocycles. The van der Waals surface area contributed by atoms with Gasteiger partial charge >= 0.3 is 0 Å². The molecule has 1 N–H and O–H groups in total. The molecule has 0 aromatic carbocycles. The van der Waals surface area contributed by atoms with E-state index in [0.29, 0.717) is 37.5 Å². The molecule has 2 aromatic rings. The molecular formula is C22H29N5O4. The standard InChI is InChI=1S/C22H29N5O4/c1-12-7-16(19-13(2)25-26(3)20(19)23-12)21(28)24-15-10-30-17-8-27(9-18(17)31-11-15)22(29)14-5-4-6-14/h7,14-15,17-18H,4-6,8-11H2,1-3H3,(H,24,28)/t17-,18-/m0/s1. The first kappa shape index (κ1) is 20.4. The molecule has 2 atom stereocenters. The summed E-state index contributed by atoms with van der Waals surface area (Å²) in [6.45, 7) is 5.61. The van der Waals surface area contributed by atoms with Crippen LogP contribution in [0.4, 0.5) is 0 Å². The van der Waals surface area contributed by atoms with Crippen molar-refractivity contribution in [2.45, 2.75) is 51.4 Å². The summed E-state index contributed by atoms with van der Waals surface area (Å²) < 4.78 is 13.8. The van der Waals surface area contributed by atoms with E-state index < -0.39 is 0 Å². The summed E-state index contributed by atoms with van der Waals surface area (Å²) in [7, 11) is 1.83. The third-order valence-corrected chi connectivity index (χ3v) is 6.68. The highest BCUT2D eigenvalue weighted by molar-refractivity contribution is 6.06. The zero-order valence-corrected chi connectivity index (χ0v) is 18.3. The summed E-state index contributed by atoms with van der Waals surface area (Å²) in [5, 5.41) is 8.23. The first-order chi connectivity index (χ1) is 14.9. The normalized spacial score (nSPS) is 24.7. The van der Waals surface area contributed by atoms with E-state index in [1.807, 2.05) is 25.8 Å². The number of aryl methyl sites for hydroxylation is 3. The summed E-state index contributed by atoms with van der Waals surface area (Å²) in [6.07, 6.45) is 2.87. The number of hydrogen-bond donors (Lipinski definition) is 1. The highest BCUT2D eigenvalue weighted by Gasteiger charge is 2.42. The van der Waals surface area contributed by atoms with Gasteiger partial charge in [0, 0.05) is 31.7 Å². The fraction of sp³-hybridized carbons (Fsp3) is 0.636. The maximum atomic E-state index is 13.1. The van der Waals surface area contributed by atoms with Crippen LogP contribution in [0, 0.1) is 19.8 Å². The molecule has 0 bridgehead atoms. The number of nitrogens with one attached hydrogen (secondary N) is 1. The number of nitrogens with zero attached hydrogens (tertiary/aromatic N) is 4. The second kappa shape index (κ2) is 7.87. The van der Waals surface area contributed by atoms with Crippen molar-refractivity contribution in [2.24, 2.45) is 13.0 Å². The Hall–Kier alpha value is -2.52. The summed E-state index contributed by atoms with van der Waals surface area (Å²) in [5.41, 5.74) is 2.80. The molecule has 31 heavy (non-hydrogen) atoms. The molecule has 2 amide bonds. The second-order valence-electron chi connectivity index (χ2n) is 9.00. The zero-order chi connectivity index (χ0) is 21.7. The number of fused-ring (bicyclic) bond motifs is 2. The summed E-state index contributed by atoms with van der Waals surface area (Å²) >= 11 is 0. The van der Waals surface area contributed by atoms with E-state index in [9.17, 15) is 9.59 Å². The Morgan fingerprint density at radius 1 is 1.13 bits per heavy atom. The van der Waals surface area contributed by atoms with Gasteiger partial charge in [-0.2, -0.15) is 5.10 Å². The van der Waals surface area contributed by atoms with Crippen molar-refractivity contribution in [2.75, 3.05) is 26.3 Å². The van der Waals surface area contributed by atoms with Crippen molar-refractivity contribution < 1.29 is 19.1 Å². The monoisotopic (exact) mass is 427 g/mol. The fourth-order valence-corrected chi connectivity index (χ4v) is 4.78. The lowest BCUT2D eigenvalue weighted by atomic mass is 9.84. The van der Waals surface area contributed by atoms with Crippen LogP contribution in [0.3, 0.4) is 0 Å². The summed E-state index contributed by atoms with van der Waals surface area (Å²) in [6, 6.07) is 1.54. The smallest absolute Gasteiger partial charge is 0.252 e. The Kier molecular flexibility index (Phi) is 5.18. The van der Waals surface area contributed by atoms with E-state index in [4.69, 9.17) is 9.47 Å². The molecule has 0 radical (unpaired) electrons. The molecule has 9 heteroatoms. The minimum absolute atomic E-state index is 0.138.